The molecular formula is C15H9F9N2O2. The SMILES string of the molecule is O=c1cc(C(F)(F)F)c2cc3c(cc2[nH]1)OCC(C(F)(F)F)N3CC(F)(F)F. The van der Waals surface area contributed by atoms with Crippen molar-refractivity contribution in [1.29, 1.82) is 0 Å². The first kappa shape index (κ1) is 20.1. The van der Waals surface area contributed by atoms with Gasteiger partial charge in [-0.05, 0) is 6.07 Å². The molecule has 2 heterocycles. The summed E-state index contributed by atoms with van der Waals surface area (Å²) in [6.07, 6.45) is -15.3. The molecule has 154 valence electrons. The van der Waals surface area contributed by atoms with Crippen LogP contribution in [0.2, 0.25) is 0 Å². The molecule has 0 saturated carbocycles. The highest BCUT2D eigenvalue weighted by atomic mass is 19.4. The highest BCUT2D eigenvalue weighted by Gasteiger charge is 2.50. The van der Waals surface area contributed by atoms with Crippen LogP contribution in [0.1, 0.15) is 5.56 Å². The summed E-state index contributed by atoms with van der Waals surface area (Å²) in [5.41, 5.74) is -3.88. The molecule has 1 atom stereocenters. The summed E-state index contributed by atoms with van der Waals surface area (Å²) in [6.45, 7) is -3.25. The summed E-state index contributed by atoms with van der Waals surface area (Å²) < 4.78 is 123. The highest BCUT2D eigenvalue weighted by Crippen LogP contribution is 2.44. The number of hydrogen-bond acceptors (Lipinski definition) is 3. The molecule has 4 nitrogen and oxygen atoms in total. The van der Waals surface area contributed by atoms with Gasteiger partial charge in [-0.25, -0.2) is 0 Å². The predicted octanol–water partition coefficient (Wildman–Crippen LogP) is 4.24. The minimum Gasteiger partial charge on any atom is -0.489 e. The molecule has 1 aliphatic rings. The van der Waals surface area contributed by atoms with Crippen LogP contribution in [0, 0.1) is 0 Å². The molecule has 1 N–H and O–H groups in total. The normalized spacial score (nSPS) is 18.2. The number of benzene rings is 1. The van der Waals surface area contributed by atoms with Gasteiger partial charge in [-0.3, -0.25) is 4.79 Å². The van der Waals surface area contributed by atoms with Crippen molar-refractivity contribution in [2.45, 2.75) is 24.6 Å². The number of alkyl halides is 9. The molecule has 0 amide bonds. The minimum atomic E-state index is -5.13. The van der Waals surface area contributed by atoms with E-state index in [-0.39, 0.29) is 11.0 Å². The average molecular weight is 420 g/mol. The molecule has 1 unspecified atom stereocenters. The smallest absolute Gasteiger partial charge is 0.417 e. The number of nitrogens with zero attached hydrogens (tertiary/aromatic N) is 1. The third kappa shape index (κ3) is 3.83. The molecule has 0 bridgehead atoms. The molecule has 0 saturated heterocycles. The standard InChI is InChI=1S/C15H9F9N2O2/c16-13(17,18)5-26-9-1-6-7(14(19,20)21)2-12(27)25-8(6)3-10(9)28-4-11(26)15(22,23)24/h1-3,11H,4-5H2,(H,25,27). The van der Waals surface area contributed by atoms with Gasteiger partial charge in [0.1, 0.15) is 18.9 Å². The maximum atomic E-state index is 13.2. The lowest BCUT2D eigenvalue weighted by atomic mass is 10.0. The van der Waals surface area contributed by atoms with Gasteiger partial charge in [-0.15, -0.1) is 0 Å². The van der Waals surface area contributed by atoms with Gasteiger partial charge in [0, 0.05) is 17.5 Å². The Hall–Kier alpha value is -2.60. The minimum absolute atomic E-state index is 0.0937. The second-order valence-electron chi connectivity index (χ2n) is 6.02. The van der Waals surface area contributed by atoms with E-state index in [2.05, 4.69) is 4.98 Å². The van der Waals surface area contributed by atoms with Gasteiger partial charge in [-0.2, -0.15) is 39.5 Å². The van der Waals surface area contributed by atoms with E-state index in [0.29, 0.717) is 6.07 Å². The van der Waals surface area contributed by atoms with Crippen molar-refractivity contribution in [3.8, 4) is 5.75 Å². The van der Waals surface area contributed by atoms with Crippen LogP contribution in [0.15, 0.2) is 23.0 Å². The molecule has 28 heavy (non-hydrogen) atoms. The zero-order chi connectivity index (χ0) is 21.1. The van der Waals surface area contributed by atoms with Crippen LogP contribution < -0.4 is 15.2 Å². The van der Waals surface area contributed by atoms with Gasteiger partial charge < -0.3 is 14.6 Å². The van der Waals surface area contributed by atoms with Gasteiger partial charge in [0.15, 0.2) is 6.04 Å². The number of halogens is 9. The topological polar surface area (TPSA) is 45.3 Å². The lowest BCUT2D eigenvalue weighted by molar-refractivity contribution is -0.166. The van der Waals surface area contributed by atoms with Crippen LogP contribution in [-0.4, -0.2) is 36.5 Å². The number of fused-ring (bicyclic) bond motifs is 2. The van der Waals surface area contributed by atoms with Crippen LogP contribution in [0.25, 0.3) is 10.9 Å². The molecule has 3 rings (SSSR count). The molecule has 0 spiro atoms. The summed E-state index contributed by atoms with van der Waals surface area (Å²) in [5.74, 6) is -0.507. The van der Waals surface area contributed by atoms with E-state index < -0.39 is 71.2 Å². The van der Waals surface area contributed by atoms with Gasteiger partial charge in [0.2, 0.25) is 5.56 Å². The molecule has 13 heteroatoms. The van der Waals surface area contributed by atoms with E-state index in [1.54, 1.807) is 0 Å². The molecule has 1 aliphatic heterocycles. The second-order valence-corrected chi connectivity index (χ2v) is 6.02. The fraction of sp³-hybridized carbons (Fsp3) is 0.400. The first-order valence-electron chi connectivity index (χ1n) is 7.48. The van der Waals surface area contributed by atoms with Crippen LogP contribution in [0.4, 0.5) is 45.2 Å². The van der Waals surface area contributed by atoms with E-state index >= 15 is 0 Å². The van der Waals surface area contributed by atoms with Crippen LogP contribution >= 0.6 is 0 Å². The van der Waals surface area contributed by atoms with E-state index in [1.807, 2.05) is 0 Å². The fourth-order valence-corrected chi connectivity index (χ4v) is 2.93. The van der Waals surface area contributed by atoms with Crippen molar-refractivity contribution in [2.24, 2.45) is 0 Å². The van der Waals surface area contributed by atoms with Crippen molar-refractivity contribution >= 4 is 16.6 Å². The van der Waals surface area contributed by atoms with Crippen LogP contribution in [0.3, 0.4) is 0 Å². The first-order valence-corrected chi connectivity index (χ1v) is 7.48. The van der Waals surface area contributed by atoms with E-state index in [0.717, 1.165) is 6.07 Å². The Morgan fingerprint density at radius 2 is 1.68 bits per heavy atom. The number of nitrogens with one attached hydrogen (secondary N) is 1. The van der Waals surface area contributed by atoms with Gasteiger partial charge in [0.25, 0.3) is 0 Å². The monoisotopic (exact) mass is 420 g/mol. The molecule has 0 radical (unpaired) electrons. The molecule has 1 aromatic heterocycles. The first-order chi connectivity index (χ1) is 12.7. The number of anilines is 1. The fourth-order valence-electron chi connectivity index (χ4n) is 2.93. The number of hydrogen-bond donors (Lipinski definition) is 1. The van der Waals surface area contributed by atoms with Gasteiger partial charge in [0.05, 0.1) is 16.8 Å². The molecular weight excluding hydrogens is 411 g/mol. The molecule has 0 fully saturated rings. The number of H-pyrrole nitrogens is 1. The predicted molar refractivity (Wildman–Crippen MR) is 78.3 cm³/mol. The van der Waals surface area contributed by atoms with Crippen molar-refractivity contribution in [2.75, 3.05) is 18.1 Å². The number of aromatic nitrogens is 1. The van der Waals surface area contributed by atoms with E-state index in [9.17, 15) is 44.3 Å². The Labute approximate surface area is 149 Å². The van der Waals surface area contributed by atoms with E-state index in [1.165, 1.54) is 0 Å². The Balaban J connectivity index is 2.27. The quantitative estimate of drug-likeness (QED) is 0.703. The van der Waals surface area contributed by atoms with Gasteiger partial charge in [-0.1, -0.05) is 0 Å². The summed E-state index contributed by atoms with van der Waals surface area (Å²) >= 11 is 0. The molecule has 0 aliphatic carbocycles. The zero-order valence-corrected chi connectivity index (χ0v) is 13.4. The Kier molecular flexibility index (Phi) is 4.46. The number of pyridine rings is 1. The summed E-state index contributed by atoms with van der Waals surface area (Å²) in [7, 11) is 0. The molecule has 1 aromatic carbocycles. The largest absolute Gasteiger partial charge is 0.489 e. The third-order valence-electron chi connectivity index (χ3n) is 4.04. The van der Waals surface area contributed by atoms with Crippen LogP contribution in [-0.2, 0) is 6.18 Å². The average Bonchev–Trinajstić information content (AvgIpc) is 2.49. The highest BCUT2D eigenvalue weighted by molar-refractivity contribution is 5.89. The second kappa shape index (κ2) is 6.21. The van der Waals surface area contributed by atoms with Crippen molar-refractivity contribution in [3.05, 3.63) is 34.1 Å². The maximum absolute atomic E-state index is 13.2. The Morgan fingerprint density at radius 1 is 1.04 bits per heavy atom. The number of ether oxygens (including phenoxy) is 1. The summed E-state index contributed by atoms with van der Waals surface area (Å²) in [5, 5.41) is -0.760. The van der Waals surface area contributed by atoms with E-state index in [4.69, 9.17) is 4.74 Å². The molecule has 2 aromatic rings. The lowest BCUT2D eigenvalue weighted by Gasteiger charge is -2.39. The lowest BCUT2D eigenvalue weighted by Crippen LogP contribution is -2.54. The number of rotatable bonds is 1. The third-order valence-corrected chi connectivity index (χ3v) is 4.04. The summed E-state index contributed by atoms with van der Waals surface area (Å²) in [4.78, 5) is 13.4. The number of aromatic amines is 1. The van der Waals surface area contributed by atoms with Crippen molar-refractivity contribution < 1.29 is 44.3 Å². The van der Waals surface area contributed by atoms with Gasteiger partial charge >= 0.3 is 18.5 Å². The maximum Gasteiger partial charge on any atom is 0.417 e. The Bertz CT molecular complexity index is 959. The Morgan fingerprint density at radius 3 is 2.21 bits per heavy atom. The zero-order valence-electron chi connectivity index (χ0n) is 13.4. The van der Waals surface area contributed by atoms with Crippen LogP contribution in [0.5, 0.6) is 5.75 Å². The summed E-state index contributed by atoms with van der Waals surface area (Å²) in [6, 6.07) is -1.26. The van der Waals surface area contributed by atoms with Crippen molar-refractivity contribution in [1.82, 2.24) is 4.98 Å². The van der Waals surface area contributed by atoms with Crippen molar-refractivity contribution in [3.63, 3.8) is 0 Å².